The lowest BCUT2D eigenvalue weighted by Gasteiger charge is -2.44. The van der Waals surface area contributed by atoms with Crippen molar-refractivity contribution >= 4 is 11.9 Å². The molecular weight excluding hydrogens is 380 g/mol. The van der Waals surface area contributed by atoms with Gasteiger partial charge in [-0.2, -0.15) is 0 Å². The number of allylic oxidation sites excluding steroid dienone is 3. The van der Waals surface area contributed by atoms with Crippen molar-refractivity contribution in [2.24, 2.45) is 29.1 Å². The molecule has 5 heteroatoms. The molecule has 1 N–H and O–H groups in total. The number of fused-ring (bicyclic) bond motifs is 1. The number of carbonyl (C=O) groups excluding carboxylic acids is 2. The van der Waals surface area contributed by atoms with E-state index in [1.807, 2.05) is 6.92 Å². The normalized spacial score (nSPS) is 45.6. The van der Waals surface area contributed by atoms with Gasteiger partial charge in [-0.25, -0.2) is 0 Å². The zero-order chi connectivity index (χ0) is 33.8. The second kappa shape index (κ2) is 9.25. The van der Waals surface area contributed by atoms with E-state index in [0.29, 0.717) is 12.0 Å². The standard InChI is InChI=1S/C25H38O5/c1-6-25(4,5)24(28)30-21-12-15(2)11-17-8-7-16(3)20(23(17)21)10-9-19-13-18(26)14-22(27)29-19/h7-8,11,15-16,18-21,23,26H,6,9-10,12-14H2,1-5H3/t15-,16-,18+,19?,20-,21-,23-/m0/s1/i1D3,2D3,4D3,5D3,6D2. The molecule has 168 valence electrons. The maximum atomic E-state index is 13.9. The van der Waals surface area contributed by atoms with Crippen LogP contribution in [0.25, 0.3) is 0 Å². The minimum atomic E-state index is -4.16. The average molecular weight is 433 g/mol. The van der Waals surface area contributed by atoms with Crippen molar-refractivity contribution in [1.29, 1.82) is 0 Å². The summed E-state index contributed by atoms with van der Waals surface area (Å²) in [5.74, 6) is -5.39. The first-order chi connectivity index (χ1) is 19.8. The summed E-state index contributed by atoms with van der Waals surface area (Å²) in [7, 11) is 0. The highest BCUT2D eigenvalue weighted by atomic mass is 16.6. The highest BCUT2D eigenvalue weighted by molar-refractivity contribution is 5.76. The molecule has 0 aromatic carbocycles. The van der Waals surface area contributed by atoms with Gasteiger partial charge >= 0.3 is 11.9 Å². The molecule has 30 heavy (non-hydrogen) atoms. The van der Waals surface area contributed by atoms with Crippen molar-refractivity contribution in [2.45, 2.75) is 91.1 Å². The second-order valence-electron chi connectivity index (χ2n) is 8.52. The molecule has 3 rings (SSSR count). The molecule has 0 saturated carbocycles. The summed E-state index contributed by atoms with van der Waals surface area (Å²) in [5, 5.41) is 10.0. The Morgan fingerprint density at radius 2 is 2.23 bits per heavy atom. The Bertz CT molecular complexity index is 1140. The fourth-order valence-electron chi connectivity index (χ4n) is 4.70. The minimum Gasteiger partial charge on any atom is -0.462 e. The van der Waals surface area contributed by atoms with Crippen LogP contribution in [0.2, 0.25) is 0 Å². The lowest BCUT2D eigenvalue weighted by Crippen LogP contribution is -2.43. The van der Waals surface area contributed by atoms with E-state index < -0.39 is 93.6 Å². The molecular formula is C25H38O5. The smallest absolute Gasteiger partial charge is 0.311 e. The molecule has 5 nitrogen and oxygen atoms in total. The van der Waals surface area contributed by atoms with E-state index in [9.17, 15) is 14.7 Å². The average Bonchev–Trinajstić information content (AvgIpc) is 2.79. The molecule has 0 spiro atoms. The molecule has 0 aromatic rings. The van der Waals surface area contributed by atoms with Crippen LogP contribution in [0.4, 0.5) is 0 Å². The molecule has 2 aliphatic carbocycles. The SMILES string of the molecule is [2H]C([2H])([2H])[C@H]1C=C2C=C[C@H](C)[C@H](CCC3C[C@@H](O)CC(=O)O3)[C@H]2[C@@H](OC(=O)C(C([2H])([2H])[2H])(C([2H])([2H])[2H])C([2H])([2H])C([2H])([2H])[2H])C1. The van der Waals surface area contributed by atoms with E-state index in [4.69, 9.17) is 28.7 Å². The Morgan fingerprint density at radius 1 is 1.40 bits per heavy atom. The van der Waals surface area contributed by atoms with Gasteiger partial charge in [-0.1, -0.05) is 38.9 Å². The van der Waals surface area contributed by atoms with Crippen LogP contribution in [-0.2, 0) is 19.1 Å². The van der Waals surface area contributed by atoms with Crippen molar-refractivity contribution in [3.8, 4) is 0 Å². The number of hydrogen-bond acceptors (Lipinski definition) is 5. The molecule has 1 aliphatic heterocycles. The van der Waals surface area contributed by atoms with Gasteiger partial charge in [0.05, 0.1) is 17.9 Å². The first kappa shape index (κ1) is 10.8. The summed E-state index contributed by atoms with van der Waals surface area (Å²) >= 11 is 0. The zero-order valence-electron chi connectivity index (χ0n) is 30.9. The Hall–Kier alpha value is -1.62. The Balaban J connectivity index is 2.10. The summed E-state index contributed by atoms with van der Waals surface area (Å²) in [6.07, 6.45) is -1.94. The lowest BCUT2D eigenvalue weighted by atomic mass is 9.65. The topological polar surface area (TPSA) is 72.8 Å². The van der Waals surface area contributed by atoms with Gasteiger partial charge in [0, 0.05) is 31.5 Å². The van der Waals surface area contributed by atoms with E-state index in [1.165, 1.54) is 6.08 Å². The predicted octanol–water partition coefficient (Wildman–Crippen LogP) is 4.59. The van der Waals surface area contributed by atoms with Gasteiger partial charge in [0.15, 0.2) is 0 Å². The number of rotatable bonds is 6. The van der Waals surface area contributed by atoms with Crippen molar-refractivity contribution < 1.29 is 43.4 Å². The molecule has 3 aliphatic rings. The fourth-order valence-corrected chi connectivity index (χ4v) is 4.70. The van der Waals surface area contributed by atoms with Gasteiger partial charge in [0.2, 0.25) is 0 Å². The molecule has 7 atom stereocenters. The summed E-state index contributed by atoms with van der Waals surface area (Å²) < 4.78 is 122. The summed E-state index contributed by atoms with van der Waals surface area (Å²) in [6, 6.07) is 0. The number of ether oxygens (including phenoxy) is 2. The van der Waals surface area contributed by atoms with Crippen molar-refractivity contribution in [2.75, 3.05) is 0 Å². The molecule has 0 radical (unpaired) electrons. The van der Waals surface area contributed by atoms with Crippen LogP contribution in [0.15, 0.2) is 23.8 Å². The van der Waals surface area contributed by atoms with Crippen LogP contribution in [0.1, 0.15) is 92.0 Å². The molecule has 1 heterocycles. The van der Waals surface area contributed by atoms with Crippen LogP contribution in [0.3, 0.4) is 0 Å². The number of aliphatic hydroxyl groups excluding tert-OH is 1. The third kappa shape index (κ3) is 5.16. The molecule has 1 saturated heterocycles. The van der Waals surface area contributed by atoms with Gasteiger partial charge in [-0.05, 0) is 62.7 Å². The van der Waals surface area contributed by atoms with Crippen LogP contribution in [0, 0.1) is 29.1 Å². The van der Waals surface area contributed by atoms with Crippen molar-refractivity contribution in [1.82, 2.24) is 0 Å². The lowest BCUT2D eigenvalue weighted by molar-refractivity contribution is -0.166. The van der Waals surface area contributed by atoms with Crippen LogP contribution >= 0.6 is 0 Å². The van der Waals surface area contributed by atoms with E-state index in [0.717, 1.165) is 0 Å². The van der Waals surface area contributed by atoms with Gasteiger partial charge in [0.25, 0.3) is 0 Å². The monoisotopic (exact) mass is 432 g/mol. The Kier molecular flexibility index (Phi) is 3.33. The molecule has 1 fully saturated rings. The number of cyclic esters (lactones) is 1. The van der Waals surface area contributed by atoms with Crippen molar-refractivity contribution in [3.63, 3.8) is 0 Å². The summed E-state index contributed by atoms with van der Waals surface area (Å²) in [4.78, 5) is 25.8. The van der Waals surface area contributed by atoms with Gasteiger partial charge < -0.3 is 14.6 Å². The molecule has 0 aromatic heterocycles. The largest absolute Gasteiger partial charge is 0.462 e. The number of carbonyl (C=O) groups is 2. The predicted molar refractivity (Wildman–Crippen MR) is 115 cm³/mol. The van der Waals surface area contributed by atoms with Gasteiger partial charge in [0.1, 0.15) is 12.2 Å². The molecule has 0 bridgehead atoms. The van der Waals surface area contributed by atoms with E-state index >= 15 is 0 Å². The van der Waals surface area contributed by atoms with E-state index in [2.05, 4.69) is 0 Å². The van der Waals surface area contributed by atoms with Gasteiger partial charge in [-0.15, -0.1) is 0 Å². The first-order valence-electron chi connectivity index (χ1n) is 17.2. The maximum Gasteiger partial charge on any atom is 0.311 e. The highest BCUT2D eigenvalue weighted by Gasteiger charge is 2.43. The molecule has 1 unspecified atom stereocenters. The van der Waals surface area contributed by atoms with Crippen molar-refractivity contribution in [3.05, 3.63) is 23.8 Å². The number of hydrogen-bond donors (Lipinski definition) is 1. The van der Waals surface area contributed by atoms with Gasteiger partial charge in [-0.3, -0.25) is 9.59 Å². The van der Waals surface area contributed by atoms with Crippen LogP contribution in [-0.4, -0.2) is 35.4 Å². The zero-order valence-corrected chi connectivity index (χ0v) is 16.9. The summed E-state index contributed by atoms with van der Waals surface area (Å²) in [5.41, 5.74) is -3.74. The Morgan fingerprint density at radius 3 is 2.93 bits per heavy atom. The third-order valence-corrected chi connectivity index (χ3v) is 6.20. The number of aliphatic hydroxyl groups is 1. The molecule has 0 amide bonds. The third-order valence-electron chi connectivity index (χ3n) is 6.20. The fraction of sp³-hybridized carbons (Fsp3) is 0.760. The highest BCUT2D eigenvalue weighted by Crippen LogP contribution is 2.45. The van der Waals surface area contributed by atoms with Crippen LogP contribution in [0.5, 0.6) is 0 Å². The van der Waals surface area contributed by atoms with E-state index in [1.54, 1.807) is 12.2 Å². The quantitative estimate of drug-likeness (QED) is 0.622. The first-order valence-corrected chi connectivity index (χ1v) is 10.2. The van der Waals surface area contributed by atoms with Crippen LogP contribution < -0.4 is 0 Å². The Labute approximate surface area is 200 Å². The number of esters is 2. The van der Waals surface area contributed by atoms with E-state index in [-0.39, 0.29) is 25.2 Å². The minimum absolute atomic E-state index is 0.137. The second-order valence-corrected chi connectivity index (χ2v) is 8.52. The maximum absolute atomic E-state index is 13.9. The summed E-state index contributed by atoms with van der Waals surface area (Å²) in [6.45, 7) is -12.7.